The van der Waals surface area contributed by atoms with Crippen LogP contribution in [0.5, 0.6) is 0 Å². The largest absolute Gasteiger partial charge is 0.365 e. The lowest BCUT2D eigenvalue weighted by Gasteiger charge is -2.19. The van der Waals surface area contributed by atoms with Gasteiger partial charge in [-0.05, 0) is 0 Å². The summed E-state index contributed by atoms with van der Waals surface area (Å²) < 4.78 is 5.00. The Morgan fingerprint density at radius 1 is 1.90 bits per heavy atom. The van der Waals surface area contributed by atoms with Crippen LogP contribution >= 0.6 is 0 Å². The van der Waals surface area contributed by atoms with Gasteiger partial charge in [0.1, 0.15) is 6.10 Å². The molecule has 1 rings (SSSR count). The fourth-order valence-electron chi connectivity index (χ4n) is 0.799. The molecule has 0 bridgehead atoms. The number of amides is 1. The lowest BCUT2D eigenvalue weighted by molar-refractivity contribution is -0.137. The molecular formula is C6H8N2O2. The minimum Gasteiger partial charge on any atom is -0.365 e. The molecule has 4 nitrogen and oxygen atoms in total. The van der Waals surface area contributed by atoms with Crippen LogP contribution in [-0.4, -0.2) is 25.2 Å². The first-order chi connectivity index (χ1) is 4.84. The first kappa shape index (κ1) is 7.03. The van der Waals surface area contributed by atoms with Gasteiger partial charge in [0, 0.05) is 6.54 Å². The van der Waals surface area contributed by atoms with Crippen LogP contribution < -0.4 is 5.32 Å². The molecule has 0 aromatic heterocycles. The highest BCUT2D eigenvalue weighted by Crippen LogP contribution is 2.00. The van der Waals surface area contributed by atoms with Crippen molar-refractivity contribution in [3.05, 3.63) is 0 Å². The Bertz CT molecular complexity index is 173. The number of nitrogens with one attached hydrogen (secondary N) is 1. The minimum absolute atomic E-state index is 0.145. The van der Waals surface area contributed by atoms with Gasteiger partial charge in [-0.25, -0.2) is 0 Å². The molecule has 4 heteroatoms. The monoisotopic (exact) mass is 140 g/mol. The molecule has 1 heterocycles. The molecule has 0 radical (unpaired) electrons. The number of carbonyl (C=O) groups excluding carboxylic acids is 1. The van der Waals surface area contributed by atoms with E-state index in [1.54, 1.807) is 0 Å². The second-order valence-corrected chi connectivity index (χ2v) is 2.01. The van der Waals surface area contributed by atoms with E-state index in [9.17, 15) is 4.79 Å². The van der Waals surface area contributed by atoms with Crippen molar-refractivity contribution < 1.29 is 9.53 Å². The summed E-state index contributed by atoms with van der Waals surface area (Å²) in [5, 5.41) is 10.8. The third-order valence-corrected chi connectivity index (χ3v) is 1.29. The standard InChI is InChI=1S/C6H8N2O2/c7-2-1-5-6(9)8-3-4-10-5/h5H,1,3-4H2,(H,8,9). The highest BCUT2D eigenvalue weighted by atomic mass is 16.5. The molecule has 54 valence electrons. The molecule has 0 aliphatic carbocycles. The number of hydrogen-bond acceptors (Lipinski definition) is 3. The van der Waals surface area contributed by atoms with Crippen LogP contribution in [0.3, 0.4) is 0 Å². The maximum Gasteiger partial charge on any atom is 0.250 e. The van der Waals surface area contributed by atoms with Gasteiger partial charge in [-0.2, -0.15) is 5.26 Å². The summed E-state index contributed by atoms with van der Waals surface area (Å²) in [6, 6.07) is 1.88. The van der Waals surface area contributed by atoms with Crippen LogP contribution in [0.25, 0.3) is 0 Å². The van der Waals surface area contributed by atoms with Gasteiger partial charge >= 0.3 is 0 Å². The van der Waals surface area contributed by atoms with Crippen LogP contribution in [0, 0.1) is 11.3 Å². The fraction of sp³-hybridized carbons (Fsp3) is 0.667. The van der Waals surface area contributed by atoms with Crippen molar-refractivity contribution in [2.24, 2.45) is 0 Å². The molecule has 10 heavy (non-hydrogen) atoms. The zero-order chi connectivity index (χ0) is 7.40. The first-order valence-electron chi connectivity index (χ1n) is 3.11. The highest BCUT2D eigenvalue weighted by Gasteiger charge is 2.21. The van der Waals surface area contributed by atoms with Gasteiger partial charge in [0.25, 0.3) is 0 Å². The summed E-state index contributed by atoms with van der Waals surface area (Å²) >= 11 is 0. The van der Waals surface area contributed by atoms with Gasteiger partial charge in [-0.15, -0.1) is 0 Å². The molecule has 1 N–H and O–H groups in total. The Morgan fingerprint density at radius 2 is 2.70 bits per heavy atom. The maximum absolute atomic E-state index is 10.8. The van der Waals surface area contributed by atoms with Gasteiger partial charge in [0.15, 0.2) is 0 Å². The SMILES string of the molecule is N#CCC1OCCNC1=O. The maximum atomic E-state index is 10.8. The molecule has 1 aliphatic heterocycles. The number of nitriles is 1. The Hall–Kier alpha value is -1.08. The summed E-state index contributed by atoms with van der Waals surface area (Å²) in [5.41, 5.74) is 0. The van der Waals surface area contributed by atoms with Gasteiger partial charge in [0.2, 0.25) is 5.91 Å². The van der Waals surface area contributed by atoms with Crippen molar-refractivity contribution >= 4 is 5.91 Å². The molecule has 0 aromatic rings. The van der Waals surface area contributed by atoms with Crippen LogP contribution in [0.4, 0.5) is 0 Å². The molecule has 1 amide bonds. The van der Waals surface area contributed by atoms with E-state index in [0.717, 1.165) is 0 Å². The average Bonchev–Trinajstić information content (AvgIpc) is 1.94. The Labute approximate surface area is 58.8 Å². The van der Waals surface area contributed by atoms with Crippen LogP contribution in [-0.2, 0) is 9.53 Å². The smallest absolute Gasteiger partial charge is 0.250 e. The van der Waals surface area contributed by atoms with Crippen LogP contribution in [0.2, 0.25) is 0 Å². The third-order valence-electron chi connectivity index (χ3n) is 1.29. The quantitative estimate of drug-likeness (QED) is 0.529. The third kappa shape index (κ3) is 1.45. The van der Waals surface area contributed by atoms with E-state index >= 15 is 0 Å². The van der Waals surface area contributed by atoms with E-state index < -0.39 is 6.10 Å². The van der Waals surface area contributed by atoms with Crippen molar-refractivity contribution in [3.8, 4) is 6.07 Å². The van der Waals surface area contributed by atoms with Crippen molar-refractivity contribution in [2.45, 2.75) is 12.5 Å². The predicted molar refractivity (Wildman–Crippen MR) is 33.0 cm³/mol. The number of nitrogens with zero attached hydrogens (tertiary/aromatic N) is 1. The molecule has 1 fully saturated rings. The summed E-state index contributed by atoms with van der Waals surface area (Å²) in [6.07, 6.45) is -0.398. The number of rotatable bonds is 1. The van der Waals surface area contributed by atoms with Crippen molar-refractivity contribution in [2.75, 3.05) is 13.2 Å². The molecule has 1 aliphatic rings. The van der Waals surface area contributed by atoms with Crippen LogP contribution in [0.15, 0.2) is 0 Å². The number of morpholine rings is 1. The second kappa shape index (κ2) is 3.18. The summed E-state index contributed by atoms with van der Waals surface area (Å²) in [6.45, 7) is 1.07. The van der Waals surface area contributed by atoms with E-state index in [1.165, 1.54) is 0 Å². The van der Waals surface area contributed by atoms with E-state index in [-0.39, 0.29) is 12.3 Å². The summed E-state index contributed by atoms with van der Waals surface area (Å²) in [5.74, 6) is -0.173. The zero-order valence-corrected chi connectivity index (χ0v) is 5.46. The molecule has 1 saturated heterocycles. The molecule has 1 unspecified atom stereocenters. The molecular weight excluding hydrogens is 132 g/mol. The second-order valence-electron chi connectivity index (χ2n) is 2.01. The minimum atomic E-state index is -0.543. The molecule has 1 atom stereocenters. The van der Waals surface area contributed by atoms with E-state index in [1.807, 2.05) is 6.07 Å². The lowest BCUT2D eigenvalue weighted by atomic mass is 10.2. The van der Waals surface area contributed by atoms with E-state index in [2.05, 4.69) is 5.32 Å². The molecule has 0 saturated carbocycles. The number of hydrogen-bond donors (Lipinski definition) is 1. The Kier molecular flexibility index (Phi) is 2.24. The summed E-state index contributed by atoms with van der Waals surface area (Å²) in [7, 11) is 0. The zero-order valence-electron chi connectivity index (χ0n) is 5.46. The van der Waals surface area contributed by atoms with Gasteiger partial charge in [-0.3, -0.25) is 4.79 Å². The first-order valence-corrected chi connectivity index (χ1v) is 3.11. The van der Waals surface area contributed by atoms with Gasteiger partial charge < -0.3 is 10.1 Å². The van der Waals surface area contributed by atoms with Crippen molar-refractivity contribution in [1.82, 2.24) is 5.32 Å². The van der Waals surface area contributed by atoms with Crippen molar-refractivity contribution in [1.29, 1.82) is 5.26 Å². The van der Waals surface area contributed by atoms with Crippen LogP contribution in [0.1, 0.15) is 6.42 Å². The average molecular weight is 140 g/mol. The van der Waals surface area contributed by atoms with Gasteiger partial charge in [-0.1, -0.05) is 0 Å². The lowest BCUT2D eigenvalue weighted by Crippen LogP contribution is -2.43. The topological polar surface area (TPSA) is 62.1 Å². The normalized spacial score (nSPS) is 25.1. The van der Waals surface area contributed by atoms with Gasteiger partial charge in [0.05, 0.1) is 19.1 Å². The predicted octanol–water partition coefficient (Wildman–Crippen LogP) is -0.585. The molecule has 0 aromatic carbocycles. The Morgan fingerprint density at radius 3 is 3.30 bits per heavy atom. The number of carbonyl (C=O) groups is 1. The summed E-state index contributed by atoms with van der Waals surface area (Å²) in [4.78, 5) is 10.8. The highest BCUT2D eigenvalue weighted by molar-refractivity contribution is 5.81. The Balaban J connectivity index is 2.42. The van der Waals surface area contributed by atoms with Crippen molar-refractivity contribution in [3.63, 3.8) is 0 Å². The molecule has 0 spiro atoms. The van der Waals surface area contributed by atoms with E-state index in [4.69, 9.17) is 10.00 Å². The number of ether oxygens (including phenoxy) is 1. The van der Waals surface area contributed by atoms with E-state index in [0.29, 0.717) is 13.2 Å². The fourth-order valence-corrected chi connectivity index (χ4v) is 0.799.